The molecule has 1 aromatic rings. The molecule has 0 saturated heterocycles. The fraction of sp³-hybridized carbons (Fsp3) is 0.429. The van der Waals surface area contributed by atoms with E-state index in [2.05, 4.69) is 9.97 Å². The summed E-state index contributed by atoms with van der Waals surface area (Å²) in [7, 11) is -3.23. The minimum atomic E-state index is -3.23. The Morgan fingerprint density at radius 3 is 2.07 bits per heavy atom. The van der Waals surface area contributed by atoms with E-state index in [1.807, 2.05) is 0 Å². The zero-order valence-corrected chi connectivity index (χ0v) is 9.86. The van der Waals surface area contributed by atoms with Crippen LogP contribution in [-0.4, -0.2) is 24.6 Å². The highest BCUT2D eigenvalue weighted by Crippen LogP contribution is 2.20. The number of aromatic nitrogens is 2. The lowest BCUT2D eigenvalue weighted by Crippen LogP contribution is -2.11. The number of sulfone groups is 1. The summed E-state index contributed by atoms with van der Waals surface area (Å²) >= 11 is 11.2. The summed E-state index contributed by atoms with van der Waals surface area (Å²) in [5.41, 5.74) is 0. The molecular formula is C7H8Cl2N2O2S. The smallest absolute Gasteiger partial charge is 0.157 e. The molecule has 0 aliphatic heterocycles. The summed E-state index contributed by atoms with van der Waals surface area (Å²) in [5, 5.41) is -0.537. The maximum absolute atomic E-state index is 11.2. The monoisotopic (exact) mass is 254 g/mol. The van der Waals surface area contributed by atoms with Crippen LogP contribution in [0.4, 0.5) is 0 Å². The fourth-order valence-electron chi connectivity index (χ4n) is 0.780. The predicted molar refractivity (Wildman–Crippen MR) is 55.3 cm³/mol. The quantitative estimate of drug-likeness (QED) is 0.757. The molecule has 78 valence electrons. The van der Waals surface area contributed by atoms with Crippen LogP contribution in [0.25, 0.3) is 0 Å². The van der Waals surface area contributed by atoms with E-state index in [9.17, 15) is 8.42 Å². The van der Waals surface area contributed by atoms with Crippen molar-refractivity contribution in [1.29, 1.82) is 0 Å². The van der Waals surface area contributed by atoms with Crippen LogP contribution in [0, 0.1) is 0 Å². The summed E-state index contributed by atoms with van der Waals surface area (Å²) in [5.74, 6) is 0.116. The Morgan fingerprint density at radius 1 is 1.29 bits per heavy atom. The third-order valence-electron chi connectivity index (χ3n) is 1.69. The summed E-state index contributed by atoms with van der Waals surface area (Å²) in [6, 6.07) is 1.35. The molecule has 0 aliphatic rings. The largest absolute Gasteiger partial charge is 0.228 e. The van der Waals surface area contributed by atoms with Crippen LogP contribution in [0.1, 0.15) is 18.0 Å². The first-order valence-electron chi connectivity index (χ1n) is 3.69. The van der Waals surface area contributed by atoms with Crippen molar-refractivity contribution in [1.82, 2.24) is 9.97 Å². The molecule has 7 heteroatoms. The van der Waals surface area contributed by atoms with Gasteiger partial charge in [-0.3, -0.25) is 0 Å². The van der Waals surface area contributed by atoms with Gasteiger partial charge in [0.1, 0.15) is 21.4 Å². The molecule has 0 spiro atoms. The first-order chi connectivity index (χ1) is 6.30. The van der Waals surface area contributed by atoms with Gasteiger partial charge in [-0.2, -0.15) is 0 Å². The van der Waals surface area contributed by atoms with Gasteiger partial charge in [0.25, 0.3) is 0 Å². The molecule has 0 aliphatic carbocycles. The Kier molecular flexibility index (Phi) is 3.34. The Balaban J connectivity index is 3.20. The van der Waals surface area contributed by atoms with Crippen molar-refractivity contribution in [2.24, 2.45) is 0 Å². The standard InChI is InChI=1S/C7H8Cl2N2O2S/c1-4(14(2,12)13)7-10-5(8)3-6(9)11-7/h3-4H,1-2H3. The van der Waals surface area contributed by atoms with Gasteiger partial charge in [0.05, 0.1) is 0 Å². The van der Waals surface area contributed by atoms with Crippen molar-refractivity contribution in [3.05, 3.63) is 22.2 Å². The van der Waals surface area contributed by atoms with E-state index in [0.29, 0.717) is 0 Å². The molecule has 1 heterocycles. The van der Waals surface area contributed by atoms with Crippen molar-refractivity contribution < 1.29 is 8.42 Å². The van der Waals surface area contributed by atoms with Crippen LogP contribution in [0.2, 0.25) is 10.3 Å². The highest BCUT2D eigenvalue weighted by atomic mass is 35.5. The van der Waals surface area contributed by atoms with E-state index < -0.39 is 15.1 Å². The Labute approximate surface area is 92.2 Å². The molecule has 0 aromatic carbocycles. The Hall–Kier alpha value is -0.390. The highest BCUT2D eigenvalue weighted by Gasteiger charge is 2.20. The lowest BCUT2D eigenvalue weighted by molar-refractivity contribution is 0.589. The third-order valence-corrected chi connectivity index (χ3v) is 3.57. The summed E-state index contributed by atoms with van der Waals surface area (Å²) in [6.45, 7) is 1.48. The predicted octanol–water partition coefficient (Wildman–Crippen LogP) is 1.89. The normalized spacial score (nSPS) is 14.0. The summed E-state index contributed by atoms with van der Waals surface area (Å²) in [6.07, 6.45) is 1.11. The van der Waals surface area contributed by atoms with Crippen molar-refractivity contribution >= 4 is 33.0 Å². The van der Waals surface area contributed by atoms with Crippen LogP contribution in [0.15, 0.2) is 6.07 Å². The van der Waals surface area contributed by atoms with Crippen molar-refractivity contribution in [2.45, 2.75) is 12.2 Å². The number of rotatable bonds is 2. The molecule has 0 bridgehead atoms. The van der Waals surface area contributed by atoms with Crippen LogP contribution in [-0.2, 0) is 9.84 Å². The van der Waals surface area contributed by atoms with Crippen LogP contribution >= 0.6 is 23.2 Å². The van der Waals surface area contributed by atoms with Gasteiger partial charge < -0.3 is 0 Å². The van der Waals surface area contributed by atoms with E-state index >= 15 is 0 Å². The van der Waals surface area contributed by atoms with Gasteiger partial charge in [-0.05, 0) is 6.92 Å². The molecule has 0 radical (unpaired) electrons. The maximum atomic E-state index is 11.2. The fourth-order valence-corrected chi connectivity index (χ4v) is 1.70. The Morgan fingerprint density at radius 2 is 1.71 bits per heavy atom. The van der Waals surface area contributed by atoms with Crippen LogP contribution in [0.5, 0.6) is 0 Å². The van der Waals surface area contributed by atoms with E-state index in [-0.39, 0.29) is 16.1 Å². The van der Waals surface area contributed by atoms with E-state index in [1.165, 1.54) is 13.0 Å². The molecular weight excluding hydrogens is 247 g/mol. The van der Waals surface area contributed by atoms with Gasteiger partial charge in [-0.25, -0.2) is 18.4 Å². The molecule has 1 aromatic heterocycles. The molecule has 0 amide bonds. The lowest BCUT2D eigenvalue weighted by atomic mass is 10.4. The summed E-state index contributed by atoms with van der Waals surface area (Å²) in [4.78, 5) is 7.58. The first kappa shape index (κ1) is 11.7. The second-order valence-corrected chi connectivity index (χ2v) is 5.98. The van der Waals surface area contributed by atoms with E-state index in [1.54, 1.807) is 0 Å². The third kappa shape index (κ3) is 2.80. The van der Waals surface area contributed by atoms with Crippen molar-refractivity contribution in [3.8, 4) is 0 Å². The number of hydrogen-bond acceptors (Lipinski definition) is 4. The zero-order chi connectivity index (χ0) is 10.9. The maximum Gasteiger partial charge on any atom is 0.157 e. The number of halogens is 2. The second kappa shape index (κ2) is 4.00. The summed E-state index contributed by atoms with van der Waals surface area (Å²) < 4.78 is 22.4. The van der Waals surface area contributed by atoms with Gasteiger partial charge in [-0.15, -0.1) is 0 Å². The van der Waals surface area contributed by atoms with Crippen molar-refractivity contribution in [3.63, 3.8) is 0 Å². The average Bonchev–Trinajstić information content (AvgIpc) is 1.99. The van der Waals surface area contributed by atoms with Crippen molar-refractivity contribution in [2.75, 3.05) is 6.26 Å². The zero-order valence-electron chi connectivity index (χ0n) is 7.53. The van der Waals surface area contributed by atoms with E-state index in [4.69, 9.17) is 23.2 Å². The molecule has 0 N–H and O–H groups in total. The van der Waals surface area contributed by atoms with Crippen LogP contribution in [0.3, 0.4) is 0 Å². The topological polar surface area (TPSA) is 59.9 Å². The average molecular weight is 255 g/mol. The number of hydrogen-bond donors (Lipinski definition) is 0. The lowest BCUT2D eigenvalue weighted by Gasteiger charge is -2.07. The van der Waals surface area contributed by atoms with Gasteiger partial charge in [0, 0.05) is 12.3 Å². The van der Waals surface area contributed by atoms with Gasteiger partial charge >= 0.3 is 0 Å². The molecule has 1 rings (SSSR count). The van der Waals surface area contributed by atoms with E-state index in [0.717, 1.165) is 6.26 Å². The van der Waals surface area contributed by atoms with Gasteiger partial charge in [-0.1, -0.05) is 23.2 Å². The Bertz CT molecular complexity index is 427. The second-order valence-electron chi connectivity index (χ2n) is 2.84. The van der Waals surface area contributed by atoms with Gasteiger partial charge in [0.15, 0.2) is 9.84 Å². The minimum Gasteiger partial charge on any atom is -0.228 e. The molecule has 1 atom stereocenters. The molecule has 0 fully saturated rings. The highest BCUT2D eigenvalue weighted by molar-refractivity contribution is 7.90. The van der Waals surface area contributed by atoms with Crippen LogP contribution < -0.4 is 0 Å². The molecule has 4 nitrogen and oxygen atoms in total. The molecule has 14 heavy (non-hydrogen) atoms. The molecule has 1 unspecified atom stereocenters. The number of nitrogens with zero attached hydrogens (tertiary/aromatic N) is 2. The first-order valence-corrected chi connectivity index (χ1v) is 6.40. The SMILES string of the molecule is CC(c1nc(Cl)cc(Cl)n1)S(C)(=O)=O. The minimum absolute atomic E-state index is 0.116. The van der Waals surface area contributed by atoms with Gasteiger partial charge in [0.2, 0.25) is 0 Å². The molecule has 0 saturated carbocycles.